The molecule has 0 atom stereocenters. The lowest BCUT2D eigenvalue weighted by Gasteiger charge is -2.15. The minimum atomic E-state index is -0.0382. The van der Waals surface area contributed by atoms with Crippen LogP contribution in [0.2, 0.25) is 0 Å². The smallest absolute Gasteiger partial charge is 0.255 e. The predicted molar refractivity (Wildman–Crippen MR) is 66.9 cm³/mol. The third kappa shape index (κ3) is 2.88. The van der Waals surface area contributed by atoms with Crippen LogP contribution in [0.3, 0.4) is 0 Å². The zero-order valence-corrected chi connectivity index (χ0v) is 10.6. The fourth-order valence-corrected chi connectivity index (χ4v) is 2.11. The number of hydrogen-bond acceptors (Lipinski definition) is 4. The summed E-state index contributed by atoms with van der Waals surface area (Å²) in [5, 5.41) is 2.99. The molecule has 0 spiro atoms. The first-order valence-corrected chi connectivity index (χ1v) is 6.11. The topological polar surface area (TPSA) is 46.1 Å². The fraction of sp³-hybridized carbons (Fsp3) is 0.250. The second-order valence-electron chi connectivity index (χ2n) is 3.76. The molecule has 0 aliphatic rings. The lowest BCUT2D eigenvalue weighted by atomic mass is 10.2. The lowest BCUT2D eigenvalue weighted by Crippen LogP contribution is -2.26. The summed E-state index contributed by atoms with van der Waals surface area (Å²) < 4.78 is 0. The molecule has 2 rings (SSSR count). The molecule has 0 radical (unpaired) electrons. The van der Waals surface area contributed by atoms with Crippen LogP contribution in [0.25, 0.3) is 0 Å². The number of aryl methyl sites for hydroxylation is 1. The zero-order valence-electron chi connectivity index (χ0n) is 9.75. The van der Waals surface area contributed by atoms with Crippen LogP contribution in [0.4, 0.5) is 0 Å². The van der Waals surface area contributed by atoms with E-state index in [4.69, 9.17) is 0 Å². The van der Waals surface area contributed by atoms with Crippen molar-refractivity contribution in [3.8, 4) is 0 Å². The van der Waals surface area contributed by atoms with Crippen LogP contribution in [0.15, 0.2) is 29.9 Å². The highest BCUT2D eigenvalue weighted by molar-refractivity contribution is 7.09. The number of hydrogen-bond donors (Lipinski definition) is 0. The molecule has 1 amide bonds. The summed E-state index contributed by atoms with van der Waals surface area (Å²) in [6.07, 6.45) is 3.23. The Morgan fingerprint density at radius 1 is 1.53 bits per heavy atom. The Balaban J connectivity index is 2.06. The number of thiazole rings is 1. The highest BCUT2D eigenvalue weighted by atomic mass is 32.1. The van der Waals surface area contributed by atoms with Gasteiger partial charge in [-0.2, -0.15) is 0 Å². The molecule has 2 heterocycles. The van der Waals surface area contributed by atoms with E-state index in [2.05, 4.69) is 9.97 Å². The summed E-state index contributed by atoms with van der Waals surface area (Å²) in [7, 11) is 1.77. The van der Waals surface area contributed by atoms with E-state index in [-0.39, 0.29) is 5.91 Å². The number of amides is 1. The number of aromatic nitrogens is 2. The summed E-state index contributed by atoms with van der Waals surface area (Å²) in [6, 6.07) is 3.52. The number of carbonyl (C=O) groups is 1. The molecule has 88 valence electrons. The van der Waals surface area contributed by atoms with Crippen molar-refractivity contribution in [3.63, 3.8) is 0 Å². The van der Waals surface area contributed by atoms with Crippen molar-refractivity contribution in [2.24, 2.45) is 0 Å². The summed E-state index contributed by atoms with van der Waals surface area (Å²) in [5.74, 6) is -0.0382. The van der Waals surface area contributed by atoms with Crippen LogP contribution in [0, 0.1) is 6.92 Å². The van der Waals surface area contributed by atoms with Crippen LogP contribution in [-0.2, 0) is 6.54 Å². The Kier molecular flexibility index (Phi) is 3.49. The van der Waals surface area contributed by atoms with Gasteiger partial charge in [0.05, 0.1) is 22.8 Å². The maximum absolute atomic E-state index is 12.0. The molecule has 2 aromatic rings. The number of carbonyl (C=O) groups excluding carboxylic acids is 1. The molecule has 0 saturated heterocycles. The summed E-state index contributed by atoms with van der Waals surface area (Å²) in [5.41, 5.74) is 1.52. The van der Waals surface area contributed by atoms with Crippen molar-refractivity contribution in [1.82, 2.24) is 14.9 Å². The summed E-state index contributed by atoms with van der Waals surface area (Å²) in [4.78, 5) is 21.9. The van der Waals surface area contributed by atoms with Crippen molar-refractivity contribution in [3.05, 3.63) is 46.2 Å². The predicted octanol–water partition coefficient (Wildman–Crippen LogP) is 2.12. The van der Waals surface area contributed by atoms with Gasteiger partial charge in [-0.05, 0) is 19.1 Å². The number of pyridine rings is 1. The second-order valence-corrected chi connectivity index (χ2v) is 4.82. The molecule has 0 N–H and O–H groups in total. The van der Waals surface area contributed by atoms with E-state index < -0.39 is 0 Å². The van der Waals surface area contributed by atoms with Crippen LogP contribution in [0.5, 0.6) is 0 Å². The van der Waals surface area contributed by atoms with Crippen LogP contribution < -0.4 is 0 Å². The first-order chi connectivity index (χ1) is 8.16. The van der Waals surface area contributed by atoms with Crippen LogP contribution in [0.1, 0.15) is 21.1 Å². The molecule has 0 aromatic carbocycles. The average Bonchev–Trinajstić information content (AvgIpc) is 2.75. The van der Waals surface area contributed by atoms with Crippen molar-refractivity contribution in [1.29, 1.82) is 0 Å². The molecule has 0 unspecified atom stereocenters. The second kappa shape index (κ2) is 5.05. The highest BCUT2D eigenvalue weighted by Crippen LogP contribution is 2.11. The highest BCUT2D eigenvalue weighted by Gasteiger charge is 2.12. The summed E-state index contributed by atoms with van der Waals surface area (Å²) in [6.45, 7) is 2.48. The van der Waals surface area contributed by atoms with Gasteiger partial charge in [0.25, 0.3) is 5.91 Å². The van der Waals surface area contributed by atoms with E-state index in [9.17, 15) is 4.79 Å². The van der Waals surface area contributed by atoms with Gasteiger partial charge < -0.3 is 4.90 Å². The molecule has 4 nitrogen and oxygen atoms in total. The Labute approximate surface area is 104 Å². The van der Waals surface area contributed by atoms with Crippen LogP contribution in [-0.4, -0.2) is 27.8 Å². The number of rotatable bonds is 3. The largest absolute Gasteiger partial charge is 0.336 e. The van der Waals surface area contributed by atoms with Crippen molar-refractivity contribution < 1.29 is 4.79 Å². The zero-order chi connectivity index (χ0) is 12.3. The molecule has 5 heteroatoms. The van der Waals surface area contributed by atoms with E-state index in [1.165, 1.54) is 0 Å². The Bertz CT molecular complexity index is 509. The quantitative estimate of drug-likeness (QED) is 0.834. The Morgan fingerprint density at radius 2 is 2.35 bits per heavy atom. The van der Waals surface area contributed by atoms with Gasteiger partial charge in [0.1, 0.15) is 0 Å². The molecule has 0 bridgehead atoms. The fourth-order valence-electron chi connectivity index (χ4n) is 1.51. The van der Waals surface area contributed by atoms with Gasteiger partial charge in [0.2, 0.25) is 0 Å². The maximum Gasteiger partial charge on any atom is 0.255 e. The van der Waals surface area contributed by atoms with E-state index in [1.807, 2.05) is 12.3 Å². The van der Waals surface area contributed by atoms with Crippen LogP contribution >= 0.6 is 11.3 Å². The van der Waals surface area contributed by atoms with Gasteiger partial charge in [-0.25, -0.2) is 4.98 Å². The average molecular weight is 247 g/mol. The Morgan fingerprint density at radius 3 is 2.94 bits per heavy atom. The molecule has 0 fully saturated rings. The molecule has 17 heavy (non-hydrogen) atoms. The molecular formula is C12H13N3OS. The lowest BCUT2D eigenvalue weighted by molar-refractivity contribution is 0.0783. The normalized spacial score (nSPS) is 10.2. The Hall–Kier alpha value is -1.75. The standard InChI is InChI=1S/C12H13N3OS/c1-9-14-11(8-17-9)7-15(2)12(16)10-4-3-5-13-6-10/h3-6,8H,7H2,1-2H3. The van der Waals surface area contributed by atoms with Crippen molar-refractivity contribution >= 4 is 17.2 Å². The van der Waals surface area contributed by atoms with Crippen molar-refractivity contribution in [2.45, 2.75) is 13.5 Å². The molecular weight excluding hydrogens is 234 g/mol. The molecule has 0 saturated carbocycles. The van der Waals surface area contributed by atoms with Gasteiger partial charge in [-0.1, -0.05) is 0 Å². The van der Waals surface area contributed by atoms with E-state index in [1.54, 1.807) is 47.8 Å². The molecule has 2 aromatic heterocycles. The minimum absolute atomic E-state index is 0.0382. The van der Waals surface area contributed by atoms with E-state index in [0.29, 0.717) is 12.1 Å². The van der Waals surface area contributed by atoms with Gasteiger partial charge in [0.15, 0.2) is 0 Å². The third-order valence-corrected chi connectivity index (χ3v) is 3.14. The number of nitrogens with zero attached hydrogens (tertiary/aromatic N) is 3. The van der Waals surface area contributed by atoms with Gasteiger partial charge in [-0.15, -0.1) is 11.3 Å². The van der Waals surface area contributed by atoms with Crippen molar-refractivity contribution in [2.75, 3.05) is 7.05 Å². The maximum atomic E-state index is 12.0. The first-order valence-electron chi connectivity index (χ1n) is 5.23. The van der Waals surface area contributed by atoms with E-state index in [0.717, 1.165) is 10.7 Å². The summed E-state index contributed by atoms with van der Waals surface area (Å²) >= 11 is 1.59. The molecule has 0 aliphatic carbocycles. The van der Waals surface area contributed by atoms with Gasteiger partial charge >= 0.3 is 0 Å². The molecule has 0 aliphatic heterocycles. The third-order valence-electron chi connectivity index (χ3n) is 2.32. The SMILES string of the molecule is Cc1nc(CN(C)C(=O)c2cccnc2)cs1. The monoisotopic (exact) mass is 247 g/mol. The first kappa shape index (κ1) is 11.7. The van der Waals surface area contributed by atoms with Gasteiger partial charge in [-0.3, -0.25) is 9.78 Å². The van der Waals surface area contributed by atoms with E-state index >= 15 is 0 Å². The van der Waals surface area contributed by atoms with Gasteiger partial charge in [0, 0.05) is 24.8 Å². The minimum Gasteiger partial charge on any atom is -0.336 e.